The minimum absolute atomic E-state index is 0.407. The molecule has 0 unspecified atom stereocenters. The highest BCUT2D eigenvalue weighted by Gasteiger charge is 2.34. The highest BCUT2D eigenvalue weighted by atomic mass is 16.5. The summed E-state index contributed by atoms with van der Waals surface area (Å²) in [4.78, 5) is 4.63. The Kier molecular flexibility index (Phi) is 4.76. The lowest BCUT2D eigenvalue weighted by molar-refractivity contribution is 0.166. The molecule has 0 atom stereocenters. The van der Waals surface area contributed by atoms with Crippen molar-refractivity contribution in [3.8, 4) is 0 Å². The van der Waals surface area contributed by atoms with Gasteiger partial charge < -0.3 is 10.3 Å². The minimum Gasteiger partial charge on any atom is -0.337 e. The van der Waals surface area contributed by atoms with Gasteiger partial charge in [0.25, 0.3) is 0 Å². The Hall–Kier alpha value is -0.900. The molecule has 21 heavy (non-hydrogen) atoms. The van der Waals surface area contributed by atoms with Crippen LogP contribution in [-0.4, -0.2) is 10.1 Å². The Morgan fingerprint density at radius 1 is 1.10 bits per heavy atom. The van der Waals surface area contributed by atoms with E-state index in [0.29, 0.717) is 17.2 Å². The van der Waals surface area contributed by atoms with Crippen molar-refractivity contribution in [3.63, 3.8) is 0 Å². The number of hydrogen-bond donors (Lipinski definition) is 1. The largest absolute Gasteiger partial charge is 0.337 e. The molecule has 0 radical (unpaired) electrons. The summed E-state index contributed by atoms with van der Waals surface area (Å²) in [6, 6.07) is 0. The third-order valence-corrected chi connectivity index (χ3v) is 5.45. The smallest absolute Gasteiger partial charge is 0.246 e. The summed E-state index contributed by atoms with van der Waals surface area (Å²) in [5.41, 5.74) is 6.29. The lowest BCUT2D eigenvalue weighted by Gasteiger charge is -2.36. The summed E-state index contributed by atoms with van der Waals surface area (Å²) in [5, 5.41) is 4.22. The van der Waals surface area contributed by atoms with Gasteiger partial charge >= 0.3 is 0 Å². The summed E-state index contributed by atoms with van der Waals surface area (Å²) in [6.07, 6.45) is 6.48. The molecule has 1 aliphatic carbocycles. The van der Waals surface area contributed by atoms with Gasteiger partial charge in [-0.05, 0) is 49.9 Å². The second-order valence-electron chi connectivity index (χ2n) is 7.74. The van der Waals surface area contributed by atoms with Crippen LogP contribution < -0.4 is 5.73 Å². The molecule has 1 aromatic rings. The Bertz CT molecular complexity index is 449. The van der Waals surface area contributed by atoms with E-state index in [0.717, 1.165) is 37.4 Å². The zero-order chi connectivity index (χ0) is 15.7. The third-order valence-electron chi connectivity index (χ3n) is 5.45. The first-order valence-corrected chi connectivity index (χ1v) is 8.43. The second kappa shape index (κ2) is 6.07. The molecule has 2 N–H and O–H groups in total. The van der Waals surface area contributed by atoms with E-state index in [2.05, 4.69) is 44.8 Å². The van der Waals surface area contributed by atoms with Crippen molar-refractivity contribution in [3.05, 3.63) is 11.7 Å². The third kappa shape index (κ3) is 3.47. The SMILES string of the molecule is CCC(N)(CC)c1nc(C2CCC(C(C)(C)C)CC2)no1. The predicted octanol–water partition coefficient (Wildman–Crippen LogP) is 4.36. The molecule has 0 amide bonds. The van der Waals surface area contributed by atoms with Crippen LogP contribution in [0.15, 0.2) is 4.52 Å². The second-order valence-corrected chi connectivity index (χ2v) is 7.74. The van der Waals surface area contributed by atoms with Gasteiger partial charge in [-0.3, -0.25) is 0 Å². The zero-order valence-corrected chi connectivity index (χ0v) is 14.3. The van der Waals surface area contributed by atoms with Gasteiger partial charge in [-0.25, -0.2) is 0 Å². The monoisotopic (exact) mass is 293 g/mol. The molecule has 1 aliphatic rings. The zero-order valence-electron chi connectivity index (χ0n) is 14.3. The van der Waals surface area contributed by atoms with Crippen LogP contribution in [-0.2, 0) is 5.54 Å². The Balaban J connectivity index is 2.04. The number of nitrogens with zero attached hydrogens (tertiary/aromatic N) is 2. The van der Waals surface area contributed by atoms with Crippen LogP contribution in [0.5, 0.6) is 0 Å². The van der Waals surface area contributed by atoms with Crippen molar-refractivity contribution in [2.45, 2.75) is 84.6 Å². The lowest BCUT2D eigenvalue weighted by atomic mass is 9.70. The summed E-state index contributed by atoms with van der Waals surface area (Å²) in [5.74, 6) is 2.73. The van der Waals surface area contributed by atoms with Crippen molar-refractivity contribution >= 4 is 0 Å². The molecule has 0 bridgehead atoms. The van der Waals surface area contributed by atoms with Crippen molar-refractivity contribution in [2.75, 3.05) is 0 Å². The molecule has 4 heteroatoms. The highest BCUT2D eigenvalue weighted by molar-refractivity contribution is 5.05. The first kappa shape index (κ1) is 16.5. The van der Waals surface area contributed by atoms with E-state index in [1.54, 1.807) is 0 Å². The molecule has 1 aromatic heterocycles. The Morgan fingerprint density at radius 3 is 2.14 bits per heavy atom. The maximum Gasteiger partial charge on any atom is 0.246 e. The van der Waals surface area contributed by atoms with Gasteiger partial charge in [0.05, 0.1) is 5.54 Å². The average Bonchev–Trinajstić information content (AvgIpc) is 2.96. The minimum atomic E-state index is -0.464. The fourth-order valence-corrected chi connectivity index (χ4v) is 3.37. The Morgan fingerprint density at radius 2 is 1.67 bits per heavy atom. The van der Waals surface area contributed by atoms with Crippen LogP contribution in [0.3, 0.4) is 0 Å². The van der Waals surface area contributed by atoms with Gasteiger partial charge in [0.1, 0.15) is 0 Å². The predicted molar refractivity (Wildman–Crippen MR) is 84.9 cm³/mol. The van der Waals surface area contributed by atoms with Crippen LogP contribution in [0, 0.1) is 11.3 Å². The maximum absolute atomic E-state index is 6.34. The normalized spacial score (nSPS) is 24.3. The topological polar surface area (TPSA) is 64.9 Å². The highest BCUT2D eigenvalue weighted by Crippen LogP contribution is 2.42. The van der Waals surface area contributed by atoms with Gasteiger partial charge in [-0.15, -0.1) is 0 Å². The molecule has 120 valence electrons. The molecular weight excluding hydrogens is 262 g/mol. The van der Waals surface area contributed by atoms with Gasteiger partial charge in [-0.1, -0.05) is 39.8 Å². The van der Waals surface area contributed by atoms with Crippen LogP contribution in [0.2, 0.25) is 0 Å². The van der Waals surface area contributed by atoms with Gasteiger partial charge in [0, 0.05) is 5.92 Å². The molecule has 4 nitrogen and oxygen atoms in total. The molecule has 0 aromatic carbocycles. The van der Waals surface area contributed by atoms with Gasteiger partial charge in [0.2, 0.25) is 5.89 Å². The summed E-state index contributed by atoms with van der Waals surface area (Å²) in [7, 11) is 0. The maximum atomic E-state index is 6.34. The molecule has 1 saturated carbocycles. The summed E-state index contributed by atoms with van der Waals surface area (Å²) < 4.78 is 5.47. The Labute approximate surface area is 128 Å². The molecule has 1 fully saturated rings. The van der Waals surface area contributed by atoms with E-state index in [1.165, 1.54) is 12.8 Å². The lowest BCUT2D eigenvalue weighted by Crippen LogP contribution is -2.35. The van der Waals surface area contributed by atoms with Crippen molar-refractivity contribution in [1.82, 2.24) is 10.1 Å². The quantitative estimate of drug-likeness (QED) is 0.895. The van der Waals surface area contributed by atoms with E-state index in [-0.39, 0.29) is 0 Å². The van der Waals surface area contributed by atoms with Gasteiger partial charge in [0.15, 0.2) is 5.82 Å². The van der Waals surface area contributed by atoms with E-state index >= 15 is 0 Å². The number of hydrogen-bond acceptors (Lipinski definition) is 4. The van der Waals surface area contributed by atoms with E-state index in [9.17, 15) is 0 Å². The van der Waals surface area contributed by atoms with Crippen LogP contribution in [0.4, 0.5) is 0 Å². The number of nitrogens with two attached hydrogens (primary N) is 1. The van der Waals surface area contributed by atoms with Crippen LogP contribution in [0.1, 0.15) is 90.8 Å². The summed E-state index contributed by atoms with van der Waals surface area (Å²) in [6.45, 7) is 11.2. The molecule has 0 spiro atoms. The fraction of sp³-hybridized carbons (Fsp3) is 0.882. The van der Waals surface area contributed by atoms with Gasteiger partial charge in [-0.2, -0.15) is 4.98 Å². The summed E-state index contributed by atoms with van der Waals surface area (Å²) >= 11 is 0. The molecular formula is C17H31N3O. The van der Waals surface area contributed by atoms with Crippen molar-refractivity contribution in [1.29, 1.82) is 0 Å². The standard InChI is InChI=1S/C17H31N3O/c1-6-17(18,7-2)15-19-14(20-21-15)12-8-10-13(11-9-12)16(3,4)5/h12-13H,6-11,18H2,1-5H3. The van der Waals surface area contributed by atoms with Crippen molar-refractivity contribution < 1.29 is 4.52 Å². The van der Waals surface area contributed by atoms with E-state index in [1.807, 2.05) is 0 Å². The number of aromatic nitrogens is 2. The number of rotatable bonds is 4. The molecule has 0 aliphatic heterocycles. The van der Waals surface area contributed by atoms with E-state index in [4.69, 9.17) is 10.3 Å². The first-order chi connectivity index (χ1) is 9.80. The molecule has 0 saturated heterocycles. The van der Waals surface area contributed by atoms with E-state index < -0.39 is 5.54 Å². The van der Waals surface area contributed by atoms with Crippen molar-refractivity contribution in [2.24, 2.45) is 17.1 Å². The first-order valence-electron chi connectivity index (χ1n) is 8.43. The average molecular weight is 293 g/mol. The molecule has 2 rings (SSSR count). The molecule has 1 heterocycles. The van der Waals surface area contributed by atoms with Crippen LogP contribution in [0.25, 0.3) is 0 Å². The fourth-order valence-electron chi connectivity index (χ4n) is 3.37. The van der Waals surface area contributed by atoms with Crippen LogP contribution >= 0.6 is 0 Å².